The first-order chi connectivity index (χ1) is 13.7. The van der Waals surface area contributed by atoms with Gasteiger partial charge in [-0.2, -0.15) is 0 Å². The van der Waals surface area contributed by atoms with Gasteiger partial charge < -0.3 is 20.3 Å². The van der Waals surface area contributed by atoms with Crippen LogP contribution in [0.1, 0.15) is 18.4 Å². The molecular formula is C21H28ClN5O. The van der Waals surface area contributed by atoms with Crippen LogP contribution in [0, 0.1) is 0 Å². The highest BCUT2D eigenvalue weighted by molar-refractivity contribution is 6.31. The lowest BCUT2D eigenvalue weighted by Gasteiger charge is -2.33. The van der Waals surface area contributed by atoms with Gasteiger partial charge in [0, 0.05) is 43.9 Å². The summed E-state index contributed by atoms with van der Waals surface area (Å²) in [5.41, 5.74) is 1.09. The van der Waals surface area contributed by atoms with Crippen LogP contribution in [0.25, 0.3) is 0 Å². The number of nitrogens with one attached hydrogen (secondary N) is 2. The Morgan fingerprint density at radius 1 is 1.29 bits per heavy atom. The number of hydrogen-bond acceptors (Lipinski definition) is 4. The number of nitrogens with zero attached hydrogens (tertiary/aromatic N) is 3. The fourth-order valence-corrected chi connectivity index (χ4v) is 3.62. The largest absolute Gasteiger partial charge is 0.497 e. The second-order valence-corrected chi connectivity index (χ2v) is 7.21. The summed E-state index contributed by atoms with van der Waals surface area (Å²) >= 11 is 6.31. The summed E-state index contributed by atoms with van der Waals surface area (Å²) in [5, 5.41) is 7.65. The molecule has 3 rings (SSSR count). The van der Waals surface area contributed by atoms with Gasteiger partial charge in [0.15, 0.2) is 5.96 Å². The van der Waals surface area contributed by atoms with Gasteiger partial charge in [0.1, 0.15) is 11.6 Å². The highest BCUT2D eigenvalue weighted by Gasteiger charge is 2.20. The highest BCUT2D eigenvalue weighted by Crippen LogP contribution is 2.22. The monoisotopic (exact) mass is 401 g/mol. The predicted octanol–water partition coefficient (Wildman–Crippen LogP) is 3.12. The molecule has 150 valence electrons. The van der Waals surface area contributed by atoms with Crippen molar-refractivity contribution in [3.05, 3.63) is 53.2 Å². The SMILES string of the molecule is CN=C(NCCc1ccc(OC)cc1Cl)NC1CCN(c2ccccn2)CC1. The number of rotatable bonds is 6. The van der Waals surface area contributed by atoms with Crippen LogP contribution in [-0.4, -0.2) is 50.8 Å². The van der Waals surface area contributed by atoms with Crippen molar-refractivity contribution in [1.29, 1.82) is 0 Å². The second-order valence-electron chi connectivity index (χ2n) is 6.80. The highest BCUT2D eigenvalue weighted by atomic mass is 35.5. The number of halogens is 1. The van der Waals surface area contributed by atoms with E-state index in [2.05, 4.69) is 31.6 Å². The number of benzene rings is 1. The number of hydrogen-bond donors (Lipinski definition) is 2. The summed E-state index contributed by atoms with van der Waals surface area (Å²) in [6, 6.07) is 12.3. The summed E-state index contributed by atoms with van der Waals surface area (Å²) < 4.78 is 5.19. The third kappa shape index (κ3) is 5.52. The van der Waals surface area contributed by atoms with Crippen LogP contribution >= 0.6 is 11.6 Å². The van der Waals surface area contributed by atoms with Crippen LogP contribution in [0.2, 0.25) is 5.02 Å². The average molecular weight is 402 g/mol. The summed E-state index contributed by atoms with van der Waals surface area (Å²) in [6.45, 7) is 2.75. The molecule has 0 radical (unpaired) electrons. The number of anilines is 1. The Balaban J connectivity index is 1.43. The smallest absolute Gasteiger partial charge is 0.191 e. The number of guanidine groups is 1. The molecule has 28 heavy (non-hydrogen) atoms. The Morgan fingerprint density at radius 3 is 2.75 bits per heavy atom. The van der Waals surface area contributed by atoms with Crippen LogP contribution in [-0.2, 0) is 6.42 Å². The van der Waals surface area contributed by atoms with Gasteiger partial charge in [0.2, 0.25) is 0 Å². The molecule has 6 nitrogen and oxygen atoms in total. The molecule has 1 saturated heterocycles. The summed E-state index contributed by atoms with van der Waals surface area (Å²) in [4.78, 5) is 11.1. The van der Waals surface area contributed by atoms with Gasteiger partial charge in [-0.15, -0.1) is 0 Å². The number of aliphatic imine (C=N–C) groups is 1. The predicted molar refractivity (Wildman–Crippen MR) is 116 cm³/mol. The molecule has 0 amide bonds. The molecule has 0 spiro atoms. The first-order valence-corrected chi connectivity index (χ1v) is 10.0. The van der Waals surface area contributed by atoms with E-state index in [1.54, 1.807) is 14.2 Å². The average Bonchev–Trinajstić information content (AvgIpc) is 2.75. The summed E-state index contributed by atoms with van der Waals surface area (Å²) in [7, 11) is 3.45. The van der Waals surface area contributed by atoms with E-state index < -0.39 is 0 Å². The van der Waals surface area contributed by atoms with Gasteiger partial charge in [-0.3, -0.25) is 4.99 Å². The van der Waals surface area contributed by atoms with E-state index in [0.29, 0.717) is 6.04 Å². The fourth-order valence-electron chi connectivity index (χ4n) is 3.36. The third-order valence-electron chi connectivity index (χ3n) is 4.98. The van der Waals surface area contributed by atoms with Crippen molar-refractivity contribution in [1.82, 2.24) is 15.6 Å². The van der Waals surface area contributed by atoms with Gasteiger partial charge in [-0.25, -0.2) is 4.98 Å². The standard InChI is InChI=1S/C21H28ClN5O/c1-23-21(25-12-8-16-6-7-18(28-2)15-19(16)22)26-17-9-13-27(14-10-17)20-5-3-4-11-24-20/h3-7,11,15,17H,8-10,12-14H2,1-2H3,(H2,23,25,26). The molecule has 7 heteroatoms. The van der Waals surface area contributed by atoms with Gasteiger partial charge in [-0.05, 0) is 49.1 Å². The summed E-state index contributed by atoms with van der Waals surface area (Å²) in [6.07, 6.45) is 4.78. The molecule has 1 aromatic heterocycles. The van der Waals surface area contributed by atoms with E-state index in [1.165, 1.54) is 0 Å². The van der Waals surface area contributed by atoms with E-state index >= 15 is 0 Å². The minimum atomic E-state index is 0.413. The Kier molecular flexibility index (Phi) is 7.37. The number of methoxy groups -OCH3 is 1. The van der Waals surface area contributed by atoms with Gasteiger partial charge in [0.25, 0.3) is 0 Å². The first-order valence-electron chi connectivity index (χ1n) is 9.65. The molecule has 0 atom stereocenters. The summed E-state index contributed by atoms with van der Waals surface area (Å²) in [5.74, 6) is 2.66. The van der Waals surface area contributed by atoms with Crippen molar-refractivity contribution in [2.24, 2.45) is 4.99 Å². The van der Waals surface area contributed by atoms with E-state index in [0.717, 1.165) is 67.0 Å². The molecule has 0 aliphatic carbocycles. The molecular weight excluding hydrogens is 374 g/mol. The molecule has 1 aliphatic heterocycles. The van der Waals surface area contributed by atoms with Crippen LogP contribution in [0.15, 0.2) is 47.6 Å². The Bertz CT molecular complexity index is 776. The zero-order valence-electron chi connectivity index (χ0n) is 16.5. The molecule has 1 aliphatic rings. The maximum Gasteiger partial charge on any atom is 0.191 e. The van der Waals surface area contributed by atoms with Gasteiger partial charge >= 0.3 is 0 Å². The van der Waals surface area contributed by atoms with Crippen LogP contribution < -0.4 is 20.3 Å². The zero-order valence-corrected chi connectivity index (χ0v) is 17.2. The molecule has 0 saturated carbocycles. The number of pyridine rings is 1. The first kappa shape index (κ1) is 20.3. The topological polar surface area (TPSA) is 61.8 Å². The molecule has 2 N–H and O–H groups in total. The molecule has 1 fully saturated rings. The van der Waals surface area contributed by atoms with Gasteiger partial charge in [0.05, 0.1) is 7.11 Å². The molecule has 2 aromatic rings. The van der Waals surface area contributed by atoms with Crippen LogP contribution in [0.4, 0.5) is 5.82 Å². The fraction of sp³-hybridized carbons (Fsp3) is 0.429. The Labute approximate surface area is 172 Å². The molecule has 0 bridgehead atoms. The second kappa shape index (κ2) is 10.2. The van der Waals surface area contributed by atoms with Gasteiger partial charge in [-0.1, -0.05) is 23.7 Å². The number of aromatic nitrogens is 1. The lowest BCUT2D eigenvalue weighted by molar-refractivity contribution is 0.414. The maximum absolute atomic E-state index is 6.31. The molecule has 2 heterocycles. The minimum Gasteiger partial charge on any atom is -0.497 e. The lowest BCUT2D eigenvalue weighted by Crippen LogP contribution is -2.49. The minimum absolute atomic E-state index is 0.413. The zero-order chi connectivity index (χ0) is 19.8. The van der Waals surface area contributed by atoms with E-state index in [1.807, 2.05) is 36.5 Å². The van der Waals surface area contributed by atoms with Crippen LogP contribution in [0.5, 0.6) is 5.75 Å². The maximum atomic E-state index is 6.31. The van der Waals surface area contributed by atoms with E-state index in [4.69, 9.17) is 16.3 Å². The van der Waals surface area contributed by atoms with Crippen molar-refractivity contribution >= 4 is 23.4 Å². The van der Waals surface area contributed by atoms with Crippen molar-refractivity contribution in [3.8, 4) is 5.75 Å². The van der Waals surface area contributed by atoms with E-state index in [9.17, 15) is 0 Å². The molecule has 1 aromatic carbocycles. The van der Waals surface area contributed by atoms with Crippen molar-refractivity contribution in [2.45, 2.75) is 25.3 Å². The normalized spacial score (nSPS) is 15.4. The van der Waals surface area contributed by atoms with Crippen molar-refractivity contribution in [2.75, 3.05) is 38.7 Å². The van der Waals surface area contributed by atoms with Crippen molar-refractivity contribution < 1.29 is 4.74 Å². The lowest BCUT2D eigenvalue weighted by atomic mass is 10.1. The van der Waals surface area contributed by atoms with Crippen molar-refractivity contribution in [3.63, 3.8) is 0 Å². The quantitative estimate of drug-likeness (QED) is 0.575. The Morgan fingerprint density at radius 2 is 2.11 bits per heavy atom. The van der Waals surface area contributed by atoms with E-state index in [-0.39, 0.29) is 0 Å². The number of piperidine rings is 1. The Hall–Kier alpha value is -2.47. The third-order valence-corrected chi connectivity index (χ3v) is 5.33. The number of ether oxygens (including phenoxy) is 1. The molecule has 0 unspecified atom stereocenters. The van der Waals surface area contributed by atoms with Crippen LogP contribution in [0.3, 0.4) is 0 Å².